The highest BCUT2D eigenvalue weighted by molar-refractivity contribution is 14.1. The number of imide groups is 1. The van der Waals surface area contributed by atoms with Crippen molar-refractivity contribution in [1.82, 2.24) is 4.90 Å². The van der Waals surface area contributed by atoms with Crippen LogP contribution in [0.4, 0.5) is 16.2 Å². The number of rotatable bonds is 5. The van der Waals surface area contributed by atoms with Crippen LogP contribution in [0.1, 0.15) is 5.56 Å². The molecule has 0 atom stereocenters. The molecule has 0 saturated carbocycles. The Morgan fingerprint density at radius 2 is 2.03 bits per heavy atom. The molecule has 2 aromatic carbocycles. The fourth-order valence-electron chi connectivity index (χ4n) is 2.49. The molecule has 9 nitrogen and oxygen atoms in total. The van der Waals surface area contributed by atoms with Crippen molar-refractivity contribution in [2.24, 2.45) is 0 Å². The number of halogens is 2. The molecule has 0 aliphatic carbocycles. The van der Waals surface area contributed by atoms with Crippen molar-refractivity contribution in [3.63, 3.8) is 0 Å². The third-order valence-corrected chi connectivity index (χ3v) is 5.96. The van der Waals surface area contributed by atoms with Crippen LogP contribution >= 0.6 is 46.0 Å². The zero-order valence-corrected chi connectivity index (χ0v) is 18.5. The third-order valence-electron chi connectivity index (χ3n) is 3.90. The Labute approximate surface area is 192 Å². The summed E-state index contributed by atoms with van der Waals surface area (Å²) >= 11 is 8.26. The highest BCUT2D eigenvalue weighted by atomic mass is 127. The number of carbonyl (C=O) groups excluding carboxylic acids is 3. The molecule has 1 saturated heterocycles. The molecule has 3 rings (SSSR count). The van der Waals surface area contributed by atoms with Gasteiger partial charge >= 0.3 is 0 Å². The smallest absolute Gasteiger partial charge is 0.294 e. The number of thioether (sulfide) groups is 1. The van der Waals surface area contributed by atoms with Gasteiger partial charge in [0.05, 0.1) is 24.1 Å². The van der Waals surface area contributed by atoms with Gasteiger partial charge in [0.15, 0.2) is 0 Å². The lowest BCUT2D eigenvalue weighted by Gasteiger charge is -2.13. The van der Waals surface area contributed by atoms with E-state index in [4.69, 9.17) is 11.6 Å². The Morgan fingerprint density at radius 1 is 1.33 bits per heavy atom. The van der Waals surface area contributed by atoms with E-state index in [0.717, 1.165) is 11.0 Å². The van der Waals surface area contributed by atoms with Crippen molar-refractivity contribution < 1.29 is 24.4 Å². The monoisotopic (exact) mass is 559 g/mol. The van der Waals surface area contributed by atoms with Gasteiger partial charge in [0.1, 0.15) is 12.3 Å². The number of benzene rings is 2. The van der Waals surface area contributed by atoms with E-state index < -0.39 is 28.5 Å². The van der Waals surface area contributed by atoms with Crippen LogP contribution in [-0.4, -0.2) is 38.5 Å². The summed E-state index contributed by atoms with van der Waals surface area (Å²) in [7, 11) is 0. The zero-order valence-electron chi connectivity index (χ0n) is 14.8. The molecule has 2 aromatic rings. The van der Waals surface area contributed by atoms with Gasteiger partial charge in [0.2, 0.25) is 5.91 Å². The molecule has 30 heavy (non-hydrogen) atoms. The van der Waals surface area contributed by atoms with Crippen LogP contribution in [0, 0.1) is 13.7 Å². The van der Waals surface area contributed by atoms with Crippen LogP contribution in [0.15, 0.2) is 41.3 Å². The fraction of sp³-hybridized carbons (Fsp3) is 0.0556. The van der Waals surface area contributed by atoms with E-state index in [0.29, 0.717) is 22.5 Å². The maximum absolute atomic E-state index is 12.6. The van der Waals surface area contributed by atoms with Crippen LogP contribution in [0.3, 0.4) is 0 Å². The van der Waals surface area contributed by atoms with Crippen molar-refractivity contribution in [2.45, 2.75) is 0 Å². The number of carbonyl (C=O) groups is 3. The second-order valence-corrected chi connectivity index (χ2v) is 8.48. The summed E-state index contributed by atoms with van der Waals surface area (Å²) in [5.41, 5.74) is 0.0733. The molecule has 1 aliphatic heterocycles. The number of nitro groups is 1. The van der Waals surface area contributed by atoms with Crippen molar-refractivity contribution in [3.05, 3.63) is 65.6 Å². The van der Waals surface area contributed by atoms with Gasteiger partial charge in [-0.25, -0.2) is 0 Å². The SMILES string of the molecule is O=C(CN1C(=O)S/C(=C/c2cc([N+](=O)[O-])cc(I)c2O)C1=O)Nc1ccccc1Cl. The number of phenolic OH excluding ortho intramolecular Hbond substituents is 1. The van der Waals surface area contributed by atoms with Crippen LogP contribution in [0.2, 0.25) is 5.02 Å². The van der Waals surface area contributed by atoms with Crippen molar-refractivity contribution in [2.75, 3.05) is 11.9 Å². The van der Waals surface area contributed by atoms with Gasteiger partial charge in [-0.1, -0.05) is 23.7 Å². The van der Waals surface area contributed by atoms with Gasteiger partial charge in [-0.3, -0.25) is 29.4 Å². The average molecular weight is 560 g/mol. The summed E-state index contributed by atoms with van der Waals surface area (Å²) in [6.07, 6.45) is 1.18. The topological polar surface area (TPSA) is 130 Å². The molecule has 0 bridgehead atoms. The van der Waals surface area contributed by atoms with Crippen LogP contribution in [-0.2, 0) is 9.59 Å². The number of para-hydroxylation sites is 1. The summed E-state index contributed by atoms with van der Waals surface area (Å²) in [5, 5.41) is 23.3. The number of nitrogens with one attached hydrogen (secondary N) is 1. The summed E-state index contributed by atoms with van der Waals surface area (Å²) in [5.74, 6) is -1.64. The number of aromatic hydroxyl groups is 1. The molecular weight excluding hydrogens is 549 g/mol. The van der Waals surface area contributed by atoms with Gasteiger partial charge in [0, 0.05) is 17.7 Å². The summed E-state index contributed by atoms with van der Waals surface area (Å²) in [6, 6.07) is 8.77. The Balaban J connectivity index is 1.80. The zero-order chi connectivity index (χ0) is 22.0. The molecule has 3 amide bonds. The number of nitrogens with zero attached hydrogens (tertiary/aromatic N) is 2. The normalized spacial score (nSPS) is 15.0. The standard InChI is InChI=1S/C18H11ClIN3O6S/c19-11-3-1-2-4-13(11)21-15(24)8-22-17(26)14(30-18(22)27)6-9-5-10(23(28)29)7-12(20)16(9)25/h1-7,25H,8H2,(H,21,24)/b14-6+. The van der Waals surface area contributed by atoms with E-state index >= 15 is 0 Å². The maximum atomic E-state index is 12.6. The molecular formula is C18H11ClIN3O6S. The van der Waals surface area contributed by atoms with E-state index in [1.54, 1.807) is 46.9 Å². The number of non-ortho nitro benzene ring substituents is 1. The number of amides is 3. The molecule has 1 heterocycles. The van der Waals surface area contributed by atoms with E-state index in [-0.39, 0.29) is 25.5 Å². The molecule has 0 aromatic heterocycles. The van der Waals surface area contributed by atoms with Crippen LogP contribution in [0.25, 0.3) is 6.08 Å². The maximum Gasteiger partial charge on any atom is 0.294 e. The minimum Gasteiger partial charge on any atom is -0.506 e. The molecule has 2 N–H and O–H groups in total. The third kappa shape index (κ3) is 4.74. The van der Waals surface area contributed by atoms with Gasteiger partial charge in [0.25, 0.3) is 16.8 Å². The van der Waals surface area contributed by atoms with Gasteiger partial charge < -0.3 is 10.4 Å². The Kier molecular flexibility index (Phi) is 6.63. The Morgan fingerprint density at radius 3 is 2.70 bits per heavy atom. The average Bonchev–Trinajstić information content (AvgIpc) is 2.94. The first kappa shape index (κ1) is 22.1. The van der Waals surface area contributed by atoms with E-state index in [9.17, 15) is 29.6 Å². The first-order valence-corrected chi connectivity index (χ1v) is 10.4. The highest BCUT2D eigenvalue weighted by Gasteiger charge is 2.36. The summed E-state index contributed by atoms with van der Waals surface area (Å²) in [4.78, 5) is 48.1. The summed E-state index contributed by atoms with van der Waals surface area (Å²) in [6.45, 7) is -0.536. The molecule has 0 radical (unpaired) electrons. The quantitative estimate of drug-likeness (QED) is 0.243. The number of nitro benzene ring substituents is 1. The molecule has 12 heteroatoms. The minimum absolute atomic E-state index is 0.0135. The largest absolute Gasteiger partial charge is 0.506 e. The van der Waals surface area contributed by atoms with Crippen LogP contribution < -0.4 is 5.32 Å². The second-order valence-electron chi connectivity index (χ2n) is 5.92. The first-order valence-electron chi connectivity index (χ1n) is 8.14. The predicted molar refractivity (Wildman–Crippen MR) is 120 cm³/mol. The predicted octanol–water partition coefficient (Wildman–Crippen LogP) is 4.23. The molecule has 154 valence electrons. The Bertz CT molecular complexity index is 1120. The number of anilines is 1. The first-order chi connectivity index (χ1) is 14.2. The van der Waals surface area contributed by atoms with Gasteiger partial charge in [-0.05, 0) is 52.6 Å². The van der Waals surface area contributed by atoms with E-state index in [1.807, 2.05) is 0 Å². The van der Waals surface area contributed by atoms with E-state index in [2.05, 4.69) is 5.32 Å². The van der Waals surface area contributed by atoms with Crippen LogP contribution in [0.5, 0.6) is 5.75 Å². The number of hydrogen-bond acceptors (Lipinski definition) is 7. The second kappa shape index (κ2) is 9.02. The molecule has 1 aliphatic rings. The van der Waals surface area contributed by atoms with E-state index in [1.165, 1.54) is 12.1 Å². The van der Waals surface area contributed by atoms with Gasteiger partial charge in [-0.2, -0.15) is 0 Å². The molecule has 0 unspecified atom stereocenters. The highest BCUT2D eigenvalue weighted by Crippen LogP contribution is 2.36. The minimum atomic E-state index is -0.750. The lowest BCUT2D eigenvalue weighted by molar-refractivity contribution is -0.385. The number of phenols is 1. The van der Waals surface area contributed by atoms with Crippen molar-refractivity contribution in [1.29, 1.82) is 0 Å². The fourth-order valence-corrected chi connectivity index (χ4v) is 4.14. The van der Waals surface area contributed by atoms with Crippen molar-refractivity contribution >= 4 is 80.5 Å². The molecule has 0 spiro atoms. The number of hydrogen-bond donors (Lipinski definition) is 2. The lowest BCUT2D eigenvalue weighted by Crippen LogP contribution is -2.36. The summed E-state index contributed by atoms with van der Waals surface area (Å²) < 4.78 is 0.214. The van der Waals surface area contributed by atoms with Gasteiger partial charge in [-0.15, -0.1) is 0 Å². The Hall–Kier alpha value is -2.64. The van der Waals surface area contributed by atoms with Crippen molar-refractivity contribution in [3.8, 4) is 5.75 Å². The molecule has 1 fully saturated rings. The lowest BCUT2D eigenvalue weighted by atomic mass is 10.1.